The average Bonchev–Trinajstić information content (AvgIpc) is 2.52. The Balaban J connectivity index is 1.98. The number of benzene rings is 2. The molecule has 0 saturated carbocycles. The topological polar surface area (TPSA) is 42.1 Å². The Kier molecular flexibility index (Phi) is 3.73. The van der Waals surface area contributed by atoms with Crippen LogP contribution in [-0.4, -0.2) is 11.5 Å². The smallest absolute Gasteiger partial charge is 0.0617 e. The number of hydrogen-bond donors (Lipinski definition) is 1. The lowest BCUT2D eigenvalue weighted by Gasteiger charge is -2.24. The Labute approximate surface area is 125 Å². The van der Waals surface area contributed by atoms with Crippen LogP contribution in [0.3, 0.4) is 0 Å². The lowest BCUT2D eigenvalue weighted by molar-refractivity contribution is 0.814. The van der Waals surface area contributed by atoms with Gasteiger partial charge in [0.1, 0.15) is 0 Å². The zero-order valence-electron chi connectivity index (χ0n) is 12.2. The zero-order chi connectivity index (χ0) is 14.7. The molecule has 21 heavy (non-hydrogen) atoms. The van der Waals surface area contributed by atoms with Gasteiger partial charge in [0, 0.05) is 29.5 Å². The van der Waals surface area contributed by atoms with E-state index in [1.54, 1.807) is 6.20 Å². The number of rotatable bonds is 4. The molecular weight excluding hydrogens is 258 g/mol. The fourth-order valence-electron chi connectivity index (χ4n) is 2.63. The Morgan fingerprint density at radius 1 is 1.05 bits per heavy atom. The molecular formula is C18H19N3. The van der Waals surface area contributed by atoms with Crippen LogP contribution in [0.1, 0.15) is 12.6 Å². The summed E-state index contributed by atoms with van der Waals surface area (Å²) >= 11 is 0. The Morgan fingerprint density at radius 2 is 1.86 bits per heavy atom. The van der Waals surface area contributed by atoms with Crippen LogP contribution in [0.15, 0.2) is 60.8 Å². The number of fused-ring (bicyclic) bond motifs is 1. The summed E-state index contributed by atoms with van der Waals surface area (Å²) in [4.78, 5) is 6.73. The van der Waals surface area contributed by atoms with E-state index in [9.17, 15) is 0 Å². The van der Waals surface area contributed by atoms with E-state index in [4.69, 9.17) is 5.73 Å². The monoisotopic (exact) mass is 277 g/mol. The van der Waals surface area contributed by atoms with Crippen molar-refractivity contribution in [2.45, 2.75) is 13.5 Å². The molecule has 0 fully saturated rings. The molecule has 2 aromatic carbocycles. The first-order chi connectivity index (χ1) is 10.3. The van der Waals surface area contributed by atoms with E-state index >= 15 is 0 Å². The van der Waals surface area contributed by atoms with E-state index in [1.807, 2.05) is 12.1 Å². The third-order valence-electron chi connectivity index (χ3n) is 3.68. The number of nitrogens with zero attached hydrogens (tertiary/aromatic N) is 2. The van der Waals surface area contributed by atoms with Crippen molar-refractivity contribution in [3.05, 3.63) is 66.5 Å². The van der Waals surface area contributed by atoms with Gasteiger partial charge in [0.05, 0.1) is 12.2 Å². The van der Waals surface area contributed by atoms with Gasteiger partial charge in [0.25, 0.3) is 0 Å². The Hall–Kier alpha value is -2.55. The van der Waals surface area contributed by atoms with Gasteiger partial charge in [-0.25, -0.2) is 0 Å². The summed E-state index contributed by atoms with van der Waals surface area (Å²) in [6.07, 6.45) is 1.77. The molecule has 106 valence electrons. The van der Waals surface area contributed by atoms with Gasteiger partial charge in [-0.2, -0.15) is 0 Å². The van der Waals surface area contributed by atoms with Crippen molar-refractivity contribution >= 4 is 22.1 Å². The Bertz CT molecular complexity index is 747. The largest absolute Gasteiger partial charge is 0.399 e. The quantitative estimate of drug-likeness (QED) is 0.787. The summed E-state index contributed by atoms with van der Waals surface area (Å²) in [6, 6.07) is 18.6. The van der Waals surface area contributed by atoms with Crippen molar-refractivity contribution in [1.82, 2.24) is 4.98 Å². The predicted octanol–water partition coefficient (Wildman–Crippen LogP) is 3.84. The molecule has 0 aliphatic heterocycles. The van der Waals surface area contributed by atoms with E-state index in [0.29, 0.717) is 0 Å². The first-order valence-corrected chi connectivity index (χ1v) is 7.21. The minimum Gasteiger partial charge on any atom is -0.399 e. The molecule has 0 bridgehead atoms. The number of hydrogen-bond acceptors (Lipinski definition) is 3. The SMILES string of the molecule is CCN(Cc1cc(N)ccn1)c1cccc2ccccc12. The van der Waals surface area contributed by atoms with Gasteiger partial charge < -0.3 is 10.6 Å². The summed E-state index contributed by atoms with van der Waals surface area (Å²) < 4.78 is 0. The van der Waals surface area contributed by atoms with Crippen LogP contribution in [0.4, 0.5) is 11.4 Å². The highest BCUT2D eigenvalue weighted by Gasteiger charge is 2.09. The second-order valence-corrected chi connectivity index (χ2v) is 5.09. The highest BCUT2D eigenvalue weighted by molar-refractivity contribution is 5.94. The summed E-state index contributed by atoms with van der Waals surface area (Å²) in [5, 5.41) is 2.53. The molecule has 0 spiro atoms. The normalized spacial score (nSPS) is 10.7. The lowest BCUT2D eigenvalue weighted by Crippen LogP contribution is -2.22. The molecule has 3 nitrogen and oxygen atoms in total. The minimum absolute atomic E-state index is 0.758. The van der Waals surface area contributed by atoms with Crippen LogP contribution in [0.5, 0.6) is 0 Å². The highest BCUT2D eigenvalue weighted by atomic mass is 15.1. The number of pyridine rings is 1. The molecule has 3 aromatic rings. The lowest BCUT2D eigenvalue weighted by atomic mass is 10.1. The number of aromatic nitrogens is 1. The third-order valence-corrected chi connectivity index (χ3v) is 3.68. The summed E-state index contributed by atoms with van der Waals surface area (Å²) in [7, 11) is 0. The maximum atomic E-state index is 5.85. The van der Waals surface area contributed by atoms with Gasteiger partial charge >= 0.3 is 0 Å². The van der Waals surface area contributed by atoms with Gasteiger partial charge in [-0.15, -0.1) is 0 Å². The van der Waals surface area contributed by atoms with E-state index < -0.39 is 0 Å². The highest BCUT2D eigenvalue weighted by Crippen LogP contribution is 2.27. The van der Waals surface area contributed by atoms with Gasteiger partial charge in [-0.1, -0.05) is 36.4 Å². The molecule has 0 unspecified atom stereocenters. The molecule has 0 aliphatic rings. The van der Waals surface area contributed by atoms with Crippen LogP contribution in [-0.2, 0) is 6.54 Å². The van der Waals surface area contributed by atoms with Crippen molar-refractivity contribution in [3.8, 4) is 0 Å². The molecule has 1 aromatic heterocycles. The fraction of sp³-hybridized carbons (Fsp3) is 0.167. The van der Waals surface area contributed by atoms with E-state index in [0.717, 1.165) is 24.5 Å². The predicted molar refractivity (Wildman–Crippen MR) is 89.3 cm³/mol. The molecule has 1 heterocycles. The minimum atomic E-state index is 0.758. The van der Waals surface area contributed by atoms with Crippen molar-refractivity contribution in [2.75, 3.05) is 17.2 Å². The maximum Gasteiger partial charge on any atom is 0.0617 e. The maximum absolute atomic E-state index is 5.85. The van der Waals surface area contributed by atoms with E-state index in [-0.39, 0.29) is 0 Å². The second kappa shape index (κ2) is 5.83. The summed E-state index contributed by atoms with van der Waals surface area (Å²) in [6.45, 7) is 3.84. The third kappa shape index (κ3) is 2.82. The molecule has 0 saturated heterocycles. The van der Waals surface area contributed by atoms with Crippen LogP contribution < -0.4 is 10.6 Å². The molecule has 0 amide bonds. The first-order valence-electron chi connectivity index (χ1n) is 7.21. The number of anilines is 2. The molecule has 0 radical (unpaired) electrons. The van der Waals surface area contributed by atoms with Crippen molar-refractivity contribution in [1.29, 1.82) is 0 Å². The summed E-state index contributed by atoms with van der Waals surface area (Å²) in [5.41, 5.74) is 8.83. The standard InChI is InChI=1S/C18H19N3/c1-2-21(13-16-12-15(19)10-11-20-16)18-9-5-7-14-6-3-4-8-17(14)18/h3-12H,2,13H2,1H3,(H2,19,20). The van der Waals surface area contributed by atoms with E-state index in [2.05, 4.69) is 59.3 Å². The van der Waals surface area contributed by atoms with Crippen molar-refractivity contribution < 1.29 is 0 Å². The van der Waals surface area contributed by atoms with Gasteiger partial charge in [-0.05, 0) is 30.5 Å². The molecule has 0 atom stereocenters. The van der Waals surface area contributed by atoms with Gasteiger partial charge in [0.15, 0.2) is 0 Å². The zero-order valence-corrected chi connectivity index (χ0v) is 12.2. The van der Waals surface area contributed by atoms with Crippen LogP contribution >= 0.6 is 0 Å². The van der Waals surface area contributed by atoms with Crippen LogP contribution in [0.2, 0.25) is 0 Å². The first kappa shape index (κ1) is 13.4. The number of nitrogens with two attached hydrogens (primary N) is 1. The van der Waals surface area contributed by atoms with E-state index in [1.165, 1.54) is 16.5 Å². The van der Waals surface area contributed by atoms with Crippen LogP contribution in [0, 0.1) is 0 Å². The van der Waals surface area contributed by atoms with Gasteiger partial charge in [-0.3, -0.25) is 4.98 Å². The molecule has 0 aliphatic carbocycles. The molecule has 2 N–H and O–H groups in total. The van der Waals surface area contributed by atoms with Gasteiger partial charge in [0.2, 0.25) is 0 Å². The molecule has 3 rings (SSSR count). The number of nitrogen functional groups attached to an aromatic ring is 1. The fourth-order valence-corrected chi connectivity index (χ4v) is 2.63. The second-order valence-electron chi connectivity index (χ2n) is 5.09. The Morgan fingerprint density at radius 3 is 2.67 bits per heavy atom. The molecule has 3 heteroatoms. The van der Waals surface area contributed by atoms with Crippen LogP contribution in [0.25, 0.3) is 10.8 Å². The van der Waals surface area contributed by atoms with Crippen molar-refractivity contribution in [3.63, 3.8) is 0 Å². The summed E-state index contributed by atoms with van der Waals surface area (Å²) in [5.74, 6) is 0. The average molecular weight is 277 g/mol. The van der Waals surface area contributed by atoms with Crippen molar-refractivity contribution in [2.24, 2.45) is 0 Å².